The van der Waals surface area contributed by atoms with Crippen LogP contribution >= 0.6 is 0 Å². The van der Waals surface area contributed by atoms with Crippen LogP contribution in [0.1, 0.15) is 30.8 Å². The van der Waals surface area contributed by atoms with Crippen molar-refractivity contribution in [2.75, 3.05) is 26.2 Å². The largest absolute Gasteiger partial charge is 0.340 e. The van der Waals surface area contributed by atoms with E-state index in [2.05, 4.69) is 5.10 Å². The average molecular weight is 391 g/mol. The van der Waals surface area contributed by atoms with Gasteiger partial charge in [-0.25, -0.2) is 8.42 Å². The molecule has 7 nitrogen and oxygen atoms in total. The monoisotopic (exact) mass is 390 g/mol. The molecule has 1 amide bonds. The molecule has 0 aliphatic carbocycles. The van der Waals surface area contributed by atoms with Gasteiger partial charge in [-0.1, -0.05) is 18.2 Å². The Hall–Kier alpha value is -2.19. The molecule has 0 unspecified atom stereocenters. The zero-order chi connectivity index (χ0) is 19.6. The number of hydrogen-bond donors (Lipinski definition) is 0. The van der Waals surface area contributed by atoms with E-state index in [0.29, 0.717) is 37.5 Å². The summed E-state index contributed by atoms with van der Waals surface area (Å²) in [5.41, 5.74) is 1.97. The molecule has 1 atom stereocenters. The first-order valence-electron chi connectivity index (χ1n) is 9.15. The van der Waals surface area contributed by atoms with Crippen LogP contribution in [0, 0.1) is 13.8 Å². The van der Waals surface area contributed by atoms with Crippen molar-refractivity contribution in [1.82, 2.24) is 19.0 Å². The number of amides is 1. The molecule has 27 heavy (non-hydrogen) atoms. The molecular formula is C19H26N4O3S. The van der Waals surface area contributed by atoms with Crippen LogP contribution in [0.15, 0.2) is 41.3 Å². The van der Waals surface area contributed by atoms with E-state index >= 15 is 0 Å². The van der Waals surface area contributed by atoms with Crippen molar-refractivity contribution < 1.29 is 13.2 Å². The highest BCUT2D eigenvalue weighted by Gasteiger charge is 2.30. The highest BCUT2D eigenvalue weighted by atomic mass is 32.2. The van der Waals surface area contributed by atoms with Crippen LogP contribution in [0.2, 0.25) is 0 Å². The number of aromatic nitrogens is 2. The minimum atomic E-state index is -3.50. The van der Waals surface area contributed by atoms with Crippen molar-refractivity contribution in [3.8, 4) is 0 Å². The zero-order valence-electron chi connectivity index (χ0n) is 16.0. The summed E-state index contributed by atoms with van der Waals surface area (Å²) in [6.07, 6.45) is 0.355. The minimum Gasteiger partial charge on any atom is -0.340 e. The van der Waals surface area contributed by atoms with Gasteiger partial charge in [-0.2, -0.15) is 9.40 Å². The first kappa shape index (κ1) is 19.6. The molecule has 0 spiro atoms. The van der Waals surface area contributed by atoms with Crippen molar-refractivity contribution in [2.45, 2.75) is 38.1 Å². The molecule has 1 aliphatic rings. The van der Waals surface area contributed by atoms with Gasteiger partial charge in [0.2, 0.25) is 15.9 Å². The zero-order valence-corrected chi connectivity index (χ0v) is 16.8. The molecule has 146 valence electrons. The van der Waals surface area contributed by atoms with Crippen LogP contribution in [0.25, 0.3) is 0 Å². The van der Waals surface area contributed by atoms with Gasteiger partial charge in [0.1, 0.15) is 0 Å². The van der Waals surface area contributed by atoms with E-state index < -0.39 is 10.0 Å². The number of aryl methyl sites for hydroxylation is 2. The second kappa shape index (κ2) is 7.82. The second-order valence-corrected chi connectivity index (χ2v) is 8.96. The summed E-state index contributed by atoms with van der Waals surface area (Å²) < 4.78 is 28.7. The smallest absolute Gasteiger partial charge is 0.243 e. The fourth-order valence-electron chi connectivity index (χ4n) is 3.48. The normalized spacial score (nSPS) is 17.1. The average Bonchev–Trinajstić information content (AvgIpc) is 3.01. The van der Waals surface area contributed by atoms with E-state index in [1.165, 1.54) is 4.31 Å². The van der Waals surface area contributed by atoms with Crippen molar-refractivity contribution in [2.24, 2.45) is 0 Å². The summed E-state index contributed by atoms with van der Waals surface area (Å²) >= 11 is 0. The third-order valence-corrected chi connectivity index (χ3v) is 6.82. The van der Waals surface area contributed by atoms with Gasteiger partial charge in [-0.05, 0) is 39.0 Å². The van der Waals surface area contributed by atoms with Gasteiger partial charge in [0.05, 0.1) is 16.6 Å². The summed E-state index contributed by atoms with van der Waals surface area (Å²) in [4.78, 5) is 14.7. The SMILES string of the molecule is Cc1cc(C)n([C@@H](C)CC(=O)N2CCN(S(=O)(=O)c3ccccc3)CC2)n1. The molecule has 0 N–H and O–H groups in total. The van der Waals surface area contributed by atoms with Crippen molar-refractivity contribution >= 4 is 15.9 Å². The molecule has 0 radical (unpaired) electrons. The Morgan fingerprint density at radius 1 is 1.11 bits per heavy atom. The molecule has 2 heterocycles. The van der Waals surface area contributed by atoms with Gasteiger partial charge >= 0.3 is 0 Å². The summed E-state index contributed by atoms with van der Waals surface area (Å²) in [7, 11) is -3.50. The number of carbonyl (C=O) groups is 1. The van der Waals surface area contributed by atoms with Crippen LogP contribution in [0.3, 0.4) is 0 Å². The third kappa shape index (κ3) is 4.22. The lowest BCUT2D eigenvalue weighted by molar-refractivity contribution is -0.133. The van der Waals surface area contributed by atoms with E-state index in [4.69, 9.17) is 0 Å². The van der Waals surface area contributed by atoms with Crippen LogP contribution < -0.4 is 0 Å². The fourth-order valence-corrected chi connectivity index (χ4v) is 4.92. The molecule has 1 fully saturated rings. The highest BCUT2D eigenvalue weighted by Crippen LogP contribution is 2.19. The Labute approximate surface area is 160 Å². The number of sulfonamides is 1. The predicted octanol–water partition coefficient (Wildman–Crippen LogP) is 1.98. The van der Waals surface area contributed by atoms with Crippen molar-refractivity contribution in [3.63, 3.8) is 0 Å². The Bertz CT molecular complexity index is 900. The molecule has 0 bridgehead atoms. The number of hydrogen-bond acceptors (Lipinski definition) is 4. The summed E-state index contributed by atoms with van der Waals surface area (Å²) in [6.45, 7) is 7.35. The maximum atomic E-state index is 12.7. The van der Waals surface area contributed by atoms with Crippen LogP contribution in [-0.4, -0.2) is 59.5 Å². The maximum absolute atomic E-state index is 12.7. The van der Waals surface area contributed by atoms with Gasteiger partial charge in [0, 0.05) is 38.3 Å². The van der Waals surface area contributed by atoms with Crippen molar-refractivity contribution in [1.29, 1.82) is 0 Å². The van der Waals surface area contributed by atoms with E-state index in [1.54, 1.807) is 35.2 Å². The summed E-state index contributed by atoms with van der Waals surface area (Å²) in [5.74, 6) is 0.0341. The first-order valence-corrected chi connectivity index (χ1v) is 10.6. The number of benzene rings is 1. The molecular weight excluding hydrogens is 364 g/mol. The summed E-state index contributed by atoms with van der Waals surface area (Å²) in [5, 5.41) is 4.44. The van der Waals surface area contributed by atoms with E-state index in [0.717, 1.165) is 11.4 Å². The van der Waals surface area contributed by atoms with Crippen LogP contribution in [0.5, 0.6) is 0 Å². The van der Waals surface area contributed by atoms with E-state index in [-0.39, 0.29) is 11.9 Å². The molecule has 1 aromatic heterocycles. The minimum absolute atomic E-state index is 0.0303. The Morgan fingerprint density at radius 3 is 2.30 bits per heavy atom. The fraction of sp³-hybridized carbons (Fsp3) is 0.474. The first-order chi connectivity index (χ1) is 12.8. The third-order valence-electron chi connectivity index (χ3n) is 4.90. The molecule has 1 saturated heterocycles. The molecule has 1 aromatic carbocycles. The van der Waals surface area contributed by atoms with Gasteiger partial charge in [-0.15, -0.1) is 0 Å². The Balaban J connectivity index is 1.59. The van der Waals surface area contributed by atoms with Crippen molar-refractivity contribution in [3.05, 3.63) is 47.8 Å². The summed E-state index contributed by atoms with van der Waals surface area (Å²) in [6, 6.07) is 10.4. The van der Waals surface area contributed by atoms with Crippen LogP contribution in [0.4, 0.5) is 0 Å². The van der Waals surface area contributed by atoms with Gasteiger partial charge in [-0.3, -0.25) is 9.48 Å². The lowest BCUT2D eigenvalue weighted by Gasteiger charge is -2.34. The van der Waals surface area contributed by atoms with E-state index in [1.807, 2.05) is 31.5 Å². The van der Waals surface area contributed by atoms with Gasteiger partial charge in [0.25, 0.3) is 0 Å². The number of rotatable bonds is 5. The van der Waals surface area contributed by atoms with Gasteiger partial charge < -0.3 is 4.90 Å². The lowest BCUT2D eigenvalue weighted by atomic mass is 10.2. The van der Waals surface area contributed by atoms with Gasteiger partial charge in [0.15, 0.2) is 0 Å². The predicted molar refractivity (Wildman–Crippen MR) is 103 cm³/mol. The molecule has 8 heteroatoms. The maximum Gasteiger partial charge on any atom is 0.243 e. The Morgan fingerprint density at radius 2 is 1.74 bits per heavy atom. The quantitative estimate of drug-likeness (QED) is 0.782. The number of carbonyl (C=O) groups excluding carboxylic acids is 1. The molecule has 1 aliphatic heterocycles. The Kier molecular flexibility index (Phi) is 5.67. The molecule has 0 saturated carbocycles. The highest BCUT2D eigenvalue weighted by molar-refractivity contribution is 7.89. The molecule has 3 rings (SSSR count). The second-order valence-electron chi connectivity index (χ2n) is 7.02. The topological polar surface area (TPSA) is 75.5 Å². The standard InChI is InChI=1S/C19H26N4O3S/c1-15-13-16(2)23(20-15)17(3)14-19(24)21-9-11-22(12-10-21)27(25,26)18-7-5-4-6-8-18/h4-8,13,17H,9-12,14H2,1-3H3/t17-/m0/s1. The molecule has 2 aromatic rings. The lowest BCUT2D eigenvalue weighted by Crippen LogP contribution is -2.50. The number of piperazine rings is 1. The van der Waals surface area contributed by atoms with Crippen LogP contribution in [-0.2, 0) is 14.8 Å². The number of nitrogens with zero attached hydrogens (tertiary/aromatic N) is 4. The van der Waals surface area contributed by atoms with E-state index in [9.17, 15) is 13.2 Å².